The van der Waals surface area contributed by atoms with Crippen molar-refractivity contribution in [1.82, 2.24) is 0 Å². The molecule has 1 atom stereocenters. The van der Waals surface area contributed by atoms with Crippen LogP contribution in [0.1, 0.15) is 84.5 Å². The summed E-state index contributed by atoms with van der Waals surface area (Å²) in [6, 6.07) is 0. The lowest BCUT2D eigenvalue weighted by Gasteiger charge is -2.12. The molecule has 0 bridgehead atoms. The van der Waals surface area contributed by atoms with Gasteiger partial charge in [0.05, 0.1) is 13.0 Å². The molecule has 0 aromatic heterocycles. The minimum Gasteiger partial charge on any atom is -0.466 e. The van der Waals surface area contributed by atoms with Crippen LogP contribution in [0.4, 0.5) is 0 Å². The van der Waals surface area contributed by atoms with Gasteiger partial charge in [-0.2, -0.15) is 8.42 Å². The Hall–Kier alpha value is -1.41. The normalized spacial score (nSPS) is 12.8. The van der Waals surface area contributed by atoms with Crippen molar-refractivity contribution in [3.63, 3.8) is 0 Å². The van der Waals surface area contributed by atoms with E-state index in [9.17, 15) is 18.0 Å². The molecular weight excluding hydrogens is 384 g/mol. The van der Waals surface area contributed by atoms with Gasteiger partial charge in [0.15, 0.2) is 5.25 Å². The van der Waals surface area contributed by atoms with Gasteiger partial charge in [0.2, 0.25) is 0 Å². The zero-order valence-corrected chi connectivity index (χ0v) is 18.0. The lowest BCUT2D eigenvalue weighted by Crippen LogP contribution is -2.34. The molecule has 164 valence electrons. The van der Waals surface area contributed by atoms with E-state index >= 15 is 0 Å². The van der Waals surface area contributed by atoms with Gasteiger partial charge in [0, 0.05) is 0 Å². The van der Waals surface area contributed by atoms with Crippen molar-refractivity contribution in [2.24, 2.45) is 0 Å². The number of unbranched alkanes of at least 4 members (excludes halogenated alkanes) is 9. The van der Waals surface area contributed by atoms with Crippen LogP contribution in [0.5, 0.6) is 0 Å². The van der Waals surface area contributed by atoms with E-state index in [1.54, 1.807) is 13.0 Å². The molecule has 0 aromatic rings. The topological polar surface area (TPSA) is 107 Å². The van der Waals surface area contributed by atoms with Crippen LogP contribution in [0.15, 0.2) is 12.2 Å². The summed E-state index contributed by atoms with van der Waals surface area (Å²) >= 11 is 0. The summed E-state index contributed by atoms with van der Waals surface area (Å²) in [5.74, 6) is -2.02. The van der Waals surface area contributed by atoms with Crippen molar-refractivity contribution in [3.8, 4) is 0 Å². The van der Waals surface area contributed by atoms with E-state index in [1.165, 1.54) is 44.6 Å². The molecule has 0 rings (SSSR count). The van der Waals surface area contributed by atoms with Gasteiger partial charge < -0.3 is 9.47 Å². The maximum Gasteiger partial charge on any atom is 0.327 e. The minimum atomic E-state index is -4.75. The molecule has 0 radical (unpaired) electrons. The van der Waals surface area contributed by atoms with Crippen LogP contribution in [-0.4, -0.2) is 43.4 Å². The van der Waals surface area contributed by atoms with E-state index in [1.807, 2.05) is 0 Å². The van der Waals surface area contributed by atoms with Crippen molar-refractivity contribution in [2.75, 3.05) is 13.2 Å². The maximum atomic E-state index is 11.8. The molecule has 1 N–H and O–H groups in total. The van der Waals surface area contributed by atoms with E-state index in [0.717, 1.165) is 19.3 Å². The molecule has 28 heavy (non-hydrogen) atoms. The third kappa shape index (κ3) is 14.6. The quantitative estimate of drug-likeness (QED) is 0.162. The number of carbonyl (C=O) groups is 2. The first-order chi connectivity index (χ1) is 13.3. The summed E-state index contributed by atoms with van der Waals surface area (Å²) in [5.41, 5.74) is 0. The Morgan fingerprint density at radius 3 is 1.96 bits per heavy atom. The number of ether oxygens (including phenoxy) is 2. The Balaban J connectivity index is 3.96. The highest BCUT2D eigenvalue weighted by molar-refractivity contribution is 7.87. The lowest BCUT2D eigenvalue weighted by molar-refractivity contribution is -0.149. The zero-order chi connectivity index (χ0) is 21.3. The van der Waals surface area contributed by atoms with Crippen LogP contribution < -0.4 is 0 Å². The number of hydrogen-bond acceptors (Lipinski definition) is 6. The van der Waals surface area contributed by atoms with Crippen LogP contribution in [-0.2, 0) is 29.2 Å². The highest BCUT2D eigenvalue weighted by Crippen LogP contribution is 2.12. The molecule has 0 aliphatic rings. The first-order valence-corrected chi connectivity index (χ1v) is 11.7. The number of esters is 2. The largest absolute Gasteiger partial charge is 0.466 e. The van der Waals surface area contributed by atoms with Crippen molar-refractivity contribution in [2.45, 2.75) is 89.7 Å². The molecule has 0 heterocycles. The van der Waals surface area contributed by atoms with E-state index in [2.05, 4.69) is 6.92 Å². The Morgan fingerprint density at radius 1 is 0.929 bits per heavy atom. The van der Waals surface area contributed by atoms with Gasteiger partial charge in [-0.3, -0.25) is 14.1 Å². The van der Waals surface area contributed by atoms with Gasteiger partial charge in [-0.25, -0.2) is 0 Å². The molecule has 1 unspecified atom stereocenters. The van der Waals surface area contributed by atoms with Gasteiger partial charge in [-0.15, -0.1) is 0 Å². The second-order valence-corrected chi connectivity index (χ2v) is 8.41. The summed E-state index contributed by atoms with van der Waals surface area (Å²) in [4.78, 5) is 23.5. The Bertz CT molecular complexity index is 555. The number of allylic oxidation sites excluding steroid dienone is 1. The molecule has 0 saturated heterocycles. The van der Waals surface area contributed by atoms with E-state index in [-0.39, 0.29) is 13.2 Å². The van der Waals surface area contributed by atoms with Crippen molar-refractivity contribution >= 4 is 22.1 Å². The standard InChI is InChI=1S/C20H36O7S/c1-3-5-7-8-9-10-11-12-13-14-16-26-19(21)17-18(28(23,24)25)20(22)27-15-6-4-2/h4,6,18H,3,5,7-17H2,1-2H3,(H,23,24,25)/b6-4+. The number of carbonyl (C=O) groups excluding carboxylic acids is 2. The SMILES string of the molecule is C/C=C/COC(=O)C(CC(=O)OCCCCCCCCCCCC)S(=O)(=O)O. The third-order valence-corrected chi connectivity index (χ3v) is 5.37. The van der Waals surface area contributed by atoms with Crippen LogP contribution in [0.3, 0.4) is 0 Å². The molecule has 0 aliphatic heterocycles. The van der Waals surface area contributed by atoms with Crippen LogP contribution >= 0.6 is 0 Å². The zero-order valence-electron chi connectivity index (χ0n) is 17.2. The maximum absolute atomic E-state index is 11.8. The van der Waals surface area contributed by atoms with Crippen LogP contribution in [0, 0.1) is 0 Å². The molecule has 0 fully saturated rings. The lowest BCUT2D eigenvalue weighted by atomic mass is 10.1. The van der Waals surface area contributed by atoms with Crippen molar-refractivity contribution in [3.05, 3.63) is 12.2 Å². The number of rotatable bonds is 17. The predicted octanol–water partition coefficient (Wildman–Crippen LogP) is 4.22. The Kier molecular flexibility index (Phi) is 15.7. The average Bonchev–Trinajstić information content (AvgIpc) is 2.63. The smallest absolute Gasteiger partial charge is 0.327 e. The first kappa shape index (κ1) is 26.6. The fourth-order valence-corrected chi connectivity index (χ4v) is 3.27. The van der Waals surface area contributed by atoms with E-state index in [0.29, 0.717) is 6.42 Å². The van der Waals surface area contributed by atoms with Gasteiger partial charge in [0.1, 0.15) is 6.61 Å². The predicted molar refractivity (Wildman–Crippen MR) is 109 cm³/mol. The molecule has 0 amide bonds. The highest BCUT2D eigenvalue weighted by Gasteiger charge is 2.35. The Labute approximate surface area is 169 Å². The molecule has 8 heteroatoms. The molecule has 0 saturated carbocycles. The van der Waals surface area contributed by atoms with Crippen molar-refractivity contribution < 1.29 is 32.0 Å². The fraction of sp³-hybridized carbons (Fsp3) is 0.800. The van der Waals surface area contributed by atoms with Crippen molar-refractivity contribution in [1.29, 1.82) is 0 Å². The first-order valence-electron chi connectivity index (χ1n) is 10.2. The fourth-order valence-electron chi connectivity index (χ4n) is 2.62. The van der Waals surface area contributed by atoms with Crippen LogP contribution in [0.25, 0.3) is 0 Å². The second-order valence-electron chi connectivity index (χ2n) is 6.81. The average molecular weight is 421 g/mol. The van der Waals surface area contributed by atoms with E-state index in [4.69, 9.17) is 14.0 Å². The summed E-state index contributed by atoms with van der Waals surface area (Å²) in [5, 5.41) is -1.96. The molecule has 0 aliphatic carbocycles. The van der Waals surface area contributed by atoms with Gasteiger partial charge in [-0.1, -0.05) is 76.9 Å². The molecule has 0 aromatic carbocycles. The molecule has 7 nitrogen and oxygen atoms in total. The molecular formula is C20H36O7S. The van der Waals surface area contributed by atoms with Crippen LogP contribution in [0.2, 0.25) is 0 Å². The summed E-state index contributed by atoms with van der Waals surface area (Å²) in [7, 11) is -4.75. The number of hydrogen-bond donors (Lipinski definition) is 1. The molecule has 0 spiro atoms. The monoisotopic (exact) mass is 420 g/mol. The second kappa shape index (κ2) is 16.5. The van der Waals surface area contributed by atoms with Gasteiger partial charge >= 0.3 is 11.9 Å². The van der Waals surface area contributed by atoms with Gasteiger partial charge in [0.25, 0.3) is 10.1 Å². The third-order valence-electron chi connectivity index (χ3n) is 4.29. The Morgan fingerprint density at radius 2 is 1.46 bits per heavy atom. The van der Waals surface area contributed by atoms with Gasteiger partial charge in [-0.05, 0) is 13.3 Å². The van der Waals surface area contributed by atoms with E-state index < -0.39 is 33.7 Å². The summed E-state index contributed by atoms with van der Waals surface area (Å²) in [6.45, 7) is 3.95. The highest BCUT2D eigenvalue weighted by atomic mass is 32.2. The summed E-state index contributed by atoms with van der Waals surface area (Å²) < 4.78 is 41.5. The minimum absolute atomic E-state index is 0.130. The summed E-state index contributed by atoms with van der Waals surface area (Å²) in [6.07, 6.45) is 13.8.